The van der Waals surface area contributed by atoms with E-state index in [1.807, 2.05) is 37.3 Å². The molecule has 1 aromatic carbocycles. The molecule has 1 aliphatic rings. The van der Waals surface area contributed by atoms with E-state index in [0.717, 1.165) is 29.7 Å². The number of nitrogens with zero attached hydrogens (tertiary/aromatic N) is 3. The number of ether oxygens (including phenoxy) is 1. The number of hydrogen-bond acceptors (Lipinski definition) is 4. The van der Waals surface area contributed by atoms with Crippen molar-refractivity contribution in [1.29, 1.82) is 0 Å². The minimum absolute atomic E-state index is 0.0831. The highest BCUT2D eigenvalue weighted by atomic mass is 16.5. The Bertz CT molecular complexity index is 904. The quantitative estimate of drug-likeness (QED) is 0.655. The Balaban J connectivity index is 1.77. The number of aromatic nitrogens is 1. The van der Waals surface area contributed by atoms with Gasteiger partial charge in [0.15, 0.2) is 5.84 Å². The molecule has 1 N–H and O–H groups in total. The van der Waals surface area contributed by atoms with Gasteiger partial charge in [-0.25, -0.2) is 9.98 Å². The van der Waals surface area contributed by atoms with Gasteiger partial charge in [0.2, 0.25) is 5.91 Å². The van der Waals surface area contributed by atoms with Crippen molar-refractivity contribution >= 4 is 18.5 Å². The van der Waals surface area contributed by atoms with Gasteiger partial charge in [0.05, 0.1) is 13.0 Å². The molecule has 2 aromatic rings. The van der Waals surface area contributed by atoms with E-state index in [-0.39, 0.29) is 11.8 Å². The van der Waals surface area contributed by atoms with Gasteiger partial charge in [-0.3, -0.25) is 9.78 Å². The van der Waals surface area contributed by atoms with Gasteiger partial charge in [-0.2, -0.15) is 0 Å². The van der Waals surface area contributed by atoms with Crippen molar-refractivity contribution in [2.75, 3.05) is 7.11 Å². The van der Waals surface area contributed by atoms with E-state index in [4.69, 9.17) is 4.74 Å². The summed E-state index contributed by atoms with van der Waals surface area (Å²) in [6, 6.07) is 11.3. The van der Waals surface area contributed by atoms with Gasteiger partial charge < -0.3 is 10.1 Å². The number of carbonyl (C=O) groups is 1. The molecule has 0 fully saturated rings. The van der Waals surface area contributed by atoms with Gasteiger partial charge in [-0.05, 0) is 68.0 Å². The zero-order chi connectivity index (χ0) is 19.2. The normalized spacial score (nSPS) is 16.6. The second-order valence-electron chi connectivity index (χ2n) is 6.13. The van der Waals surface area contributed by atoms with E-state index in [1.54, 1.807) is 25.4 Å². The van der Waals surface area contributed by atoms with E-state index in [2.05, 4.69) is 27.0 Å². The molecule has 6 nitrogen and oxygen atoms in total. The molecule has 1 amide bonds. The number of allylic oxidation sites excluding steroid dienone is 1. The number of pyridine rings is 1. The topological polar surface area (TPSA) is 75.9 Å². The molecule has 1 atom stereocenters. The lowest BCUT2D eigenvalue weighted by Gasteiger charge is -2.13. The molecule has 6 heteroatoms. The second-order valence-corrected chi connectivity index (χ2v) is 6.13. The molecule has 0 spiro atoms. The number of aryl methyl sites for hydroxylation is 1. The van der Waals surface area contributed by atoms with Gasteiger partial charge in [-0.15, -0.1) is 0 Å². The molecule has 1 aliphatic carbocycles. The lowest BCUT2D eigenvalue weighted by Crippen LogP contribution is -2.27. The monoisotopic (exact) mass is 362 g/mol. The third-order valence-corrected chi connectivity index (χ3v) is 4.54. The van der Waals surface area contributed by atoms with Crippen LogP contribution in [0.25, 0.3) is 0 Å². The third kappa shape index (κ3) is 4.11. The van der Waals surface area contributed by atoms with Crippen molar-refractivity contribution in [2.45, 2.75) is 25.7 Å². The maximum Gasteiger partial charge on any atom is 0.233 e. The molecule has 1 aromatic heterocycles. The first kappa shape index (κ1) is 18.5. The average Bonchev–Trinajstić information content (AvgIpc) is 3.14. The summed E-state index contributed by atoms with van der Waals surface area (Å²) in [5, 5.41) is 2.90. The molecular weight excluding hydrogens is 340 g/mol. The Hall–Kier alpha value is -3.28. The number of aliphatic imine (C=N–C) groups is 2. The molecule has 1 heterocycles. The van der Waals surface area contributed by atoms with Crippen LogP contribution in [-0.4, -0.2) is 30.6 Å². The summed E-state index contributed by atoms with van der Waals surface area (Å²) in [5.41, 5.74) is 2.79. The second kappa shape index (κ2) is 8.40. The highest BCUT2D eigenvalue weighted by molar-refractivity contribution is 6.00. The van der Waals surface area contributed by atoms with E-state index in [9.17, 15) is 4.79 Å². The zero-order valence-corrected chi connectivity index (χ0v) is 15.5. The maximum atomic E-state index is 12.8. The van der Waals surface area contributed by atoms with Crippen molar-refractivity contribution in [1.82, 2.24) is 10.3 Å². The molecule has 0 radical (unpaired) electrons. The van der Waals surface area contributed by atoms with E-state index in [1.165, 1.54) is 0 Å². The number of nitrogens with one attached hydrogen (secondary N) is 1. The van der Waals surface area contributed by atoms with Crippen LogP contribution in [0.3, 0.4) is 0 Å². The van der Waals surface area contributed by atoms with Crippen LogP contribution in [-0.2, 0) is 11.2 Å². The fraction of sp³-hybridized carbons (Fsp3) is 0.238. The highest BCUT2D eigenvalue weighted by Gasteiger charge is 2.29. The maximum absolute atomic E-state index is 12.8. The summed E-state index contributed by atoms with van der Waals surface area (Å²) in [5.74, 6) is 1.31. The molecule has 0 saturated heterocycles. The van der Waals surface area contributed by atoms with Crippen LogP contribution in [0.5, 0.6) is 5.75 Å². The van der Waals surface area contributed by atoms with E-state index in [0.29, 0.717) is 17.4 Å². The van der Waals surface area contributed by atoms with Crippen LogP contribution < -0.4 is 10.1 Å². The molecule has 0 saturated carbocycles. The zero-order valence-electron chi connectivity index (χ0n) is 15.5. The third-order valence-electron chi connectivity index (χ3n) is 4.54. The first-order valence-electron chi connectivity index (χ1n) is 8.77. The number of hydrogen-bond donors (Lipinski definition) is 1. The fourth-order valence-electron chi connectivity index (χ4n) is 3.15. The molecule has 1 unspecified atom stereocenters. The summed E-state index contributed by atoms with van der Waals surface area (Å²) >= 11 is 0. The first-order chi connectivity index (χ1) is 13.2. The molecular formula is C21H22N4O2. The number of amidine groups is 1. The SMILES string of the molecule is C=N/C(=N\C(=C/C)NC(=O)C1CCc2cc(OC)ccc21)c1ccccn1. The predicted octanol–water partition coefficient (Wildman–Crippen LogP) is 3.24. The number of rotatable bonds is 5. The number of fused-ring (bicyclic) bond motifs is 1. The van der Waals surface area contributed by atoms with E-state index < -0.39 is 0 Å². The van der Waals surface area contributed by atoms with Crippen LogP contribution in [0, 0.1) is 0 Å². The van der Waals surface area contributed by atoms with Crippen molar-refractivity contribution in [3.8, 4) is 5.75 Å². The minimum atomic E-state index is -0.203. The lowest BCUT2D eigenvalue weighted by atomic mass is 10.0. The lowest BCUT2D eigenvalue weighted by molar-refractivity contribution is -0.121. The Labute approximate surface area is 158 Å². The minimum Gasteiger partial charge on any atom is -0.497 e. The van der Waals surface area contributed by atoms with Crippen molar-refractivity contribution in [2.24, 2.45) is 9.98 Å². The summed E-state index contributed by atoms with van der Waals surface area (Å²) < 4.78 is 5.27. The van der Waals surface area contributed by atoms with Crippen LogP contribution in [0.2, 0.25) is 0 Å². The van der Waals surface area contributed by atoms with Crippen molar-refractivity contribution < 1.29 is 9.53 Å². The summed E-state index contributed by atoms with van der Waals surface area (Å²) in [7, 11) is 1.64. The van der Waals surface area contributed by atoms with E-state index >= 15 is 0 Å². The number of amides is 1. The average molecular weight is 362 g/mol. The molecule has 138 valence electrons. The Kier molecular flexibility index (Phi) is 5.76. The van der Waals surface area contributed by atoms with Gasteiger partial charge in [0, 0.05) is 6.20 Å². The highest BCUT2D eigenvalue weighted by Crippen LogP contribution is 2.35. The van der Waals surface area contributed by atoms with Gasteiger partial charge in [0.1, 0.15) is 17.3 Å². The number of benzene rings is 1. The molecule has 27 heavy (non-hydrogen) atoms. The van der Waals surface area contributed by atoms with Crippen LogP contribution in [0.15, 0.2) is 64.5 Å². The van der Waals surface area contributed by atoms with Gasteiger partial charge in [-0.1, -0.05) is 12.1 Å². The van der Waals surface area contributed by atoms with Crippen LogP contribution in [0.4, 0.5) is 0 Å². The molecule has 0 aliphatic heterocycles. The predicted molar refractivity (Wildman–Crippen MR) is 106 cm³/mol. The molecule has 0 bridgehead atoms. The summed E-state index contributed by atoms with van der Waals surface area (Å²) in [4.78, 5) is 25.4. The van der Waals surface area contributed by atoms with Crippen molar-refractivity contribution in [3.05, 3.63) is 71.3 Å². The number of carbonyl (C=O) groups excluding carboxylic acids is 1. The smallest absolute Gasteiger partial charge is 0.233 e. The summed E-state index contributed by atoms with van der Waals surface area (Å²) in [6.07, 6.45) is 5.01. The van der Waals surface area contributed by atoms with Crippen LogP contribution in [0.1, 0.15) is 36.1 Å². The molecule has 3 rings (SSSR count). The Morgan fingerprint density at radius 1 is 1.37 bits per heavy atom. The van der Waals surface area contributed by atoms with Gasteiger partial charge in [0.25, 0.3) is 0 Å². The number of methoxy groups -OCH3 is 1. The fourth-order valence-corrected chi connectivity index (χ4v) is 3.15. The summed E-state index contributed by atoms with van der Waals surface area (Å²) in [6.45, 7) is 5.37. The Morgan fingerprint density at radius 2 is 2.22 bits per heavy atom. The largest absolute Gasteiger partial charge is 0.497 e. The van der Waals surface area contributed by atoms with Crippen molar-refractivity contribution in [3.63, 3.8) is 0 Å². The van der Waals surface area contributed by atoms with Crippen LogP contribution >= 0.6 is 0 Å². The first-order valence-corrected chi connectivity index (χ1v) is 8.77. The standard InChI is InChI=1S/C21H22N4O2/c1-4-19(24-20(22-2)18-7-5-6-12-23-18)25-21(26)17-10-8-14-13-15(27-3)9-11-16(14)17/h4-7,9,11-13,17H,2,8,10H2,1,3H3,(H,25,26)/b19-4+,24-20-. The Morgan fingerprint density at radius 3 is 2.89 bits per heavy atom. The van der Waals surface area contributed by atoms with Gasteiger partial charge >= 0.3 is 0 Å².